The van der Waals surface area contributed by atoms with Gasteiger partial charge in [-0.3, -0.25) is 4.79 Å². The zero-order valence-corrected chi connectivity index (χ0v) is 8.81. The maximum absolute atomic E-state index is 10.9. The van der Waals surface area contributed by atoms with Crippen molar-refractivity contribution in [2.24, 2.45) is 0 Å². The number of halogens is 1. The van der Waals surface area contributed by atoms with Crippen LogP contribution >= 0.6 is 15.9 Å². The zero-order valence-electron chi connectivity index (χ0n) is 7.23. The molecule has 1 amide bonds. The van der Waals surface area contributed by atoms with Gasteiger partial charge in [0.1, 0.15) is 0 Å². The monoisotopic (exact) mass is 229 g/mol. The van der Waals surface area contributed by atoms with Gasteiger partial charge < -0.3 is 5.32 Å². The Morgan fingerprint density at radius 1 is 1.67 bits per heavy atom. The minimum Gasteiger partial charge on any atom is -0.350 e. The number of nitrogens with one attached hydrogen (secondary N) is 1. The molecule has 0 aromatic heterocycles. The second-order valence-electron chi connectivity index (χ2n) is 2.45. The van der Waals surface area contributed by atoms with Gasteiger partial charge in [-0.25, -0.2) is 0 Å². The first-order valence-electron chi connectivity index (χ1n) is 3.68. The topological polar surface area (TPSA) is 29.1 Å². The van der Waals surface area contributed by atoms with Crippen LogP contribution in [0.5, 0.6) is 0 Å². The first-order valence-corrected chi connectivity index (χ1v) is 4.80. The first kappa shape index (κ1) is 11.2. The van der Waals surface area contributed by atoms with Crippen LogP contribution in [-0.4, -0.2) is 17.3 Å². The number of carbonyl (C=O) groups is 1. The molecule has 0 aliphatic carbocycles. The summed E-state index contributed by atoms with van der Waals surface area (Å²) in [5.41, 5.74) is 0. The van der Waals surface area contributed by atoms with Crippen LogP contribution in [0, 0.1) is 11.8 Å². The molecule has 0 unspecified atom stereocenters. The van der Waals surface area contributed by atoms with E-state index in [0.29, 0.717) is 5.33 Å². The molecule has 3 heteroatoms. The van der Waals surface area contributed by atoms with Gasteiger partial charge in [0.05, 0.1) is 5.33 Å². The predicted octanol–water partition coefficient (Wildman–Crippen LogP) is 1.47. The van der Waals surface area contributed by atoms with Gasteiger partial charge in [0.2, 0.25) is 5.91 Å². The molecule has 0 aromatic carbocycles. The third-order valence-electron chi connectivity index (χ3n) is 0.918. The molecule has 0 fully saturated rings. The van der Waals surface area contributed by atoms with E-state index >= 15 is 0 Å². The molecular formula is C9H12BrNO. The first-order chi connectivity index (χ1) is 5.66. The average Bonchev–Trinajstić information content (AvgIpc) is 1.97. The molecule has 0 spiro atoms. The fourth-order valence-electron chi connectivity index (χ4n) is 0.547. The van der Waals surface area contributed by atoms with Crippen molar-refractivity contribution in [2.75, 3.05) is 5.33 Å². The van der Waals surface area contributed by atoms with Crippen LogP contribution in [0.4, 0.5) is 0 Å². The molecule has 0 saturated carbocycles. The molecule has 0 bridgehead atoms. The Kier molecular flexibility index (Phi) is 6.50. The van der Waals surface area contributed by atoms with Gasteiger partial charge in [0, 0.05) is 12.1 Å². The summed E-state index contributed by atoms with van der Waals surface area (Å²) in [6.07, 6.45) is 2.97. The van der Waals surface area contributed by atoms with Crippen molar-refractivity contribution in [3.8, 4) is 11.8 Å². The Labute approximate surface area is 81.5 Å². The normalized spacial score (nSPS) is 9.67. The van der Waals surface area contributed by atoms with Gasteiger partial charge in [-0.2, -0.15) is 0 Å². The molecule has 12 heavy (non-hydrogen) atoms. The van der Waals surface area contributed by atoms with Crippen molar-refractivity contribution in [1.82, 2.24) is 5.32 Å². The minimum absolute atomic E-state index is 0.103. The third kappa shape index (κ3) is 7.36. The number of allylic oxidation sites excluding steroid dienone is 1. The van der Waals surface area contributed by atoms with Crippen LogP contribution in [0.15, 0.2) is 12.2 Å². The van der Waals surface area contributed by atoms with Gasteiger partial charge in [0.25, 0.3) is 0 Å². The molecule has 0 saturated heterocycles. The van der Waals surface area contributed by atoms with Crippen LogP contribution in [-0.2, 0) is 4.79 Å². The number of hydrogen-bond acceptors (Lipinski definition) is 1. The largest absolute Gasteiger partial charge is 0.350 e. The maximum Gasteiger partial charge on any atom is 0.244 e. The second kappa shape index (κ2) is 6.93. The molecule has 0 atom stereocenters. The summed E-state index contributed by atoms with van der Waals surface area (Å²) in [5.74, 6) is 5.35. The second-order valence-corrected chi connectivity index (χ2v) is 3.01. The number of carbonyl (C=O) groups excluding carboxylic acids is 1. The quantitative estimate of drug-likeness (QED) is 0.434. The smallest absolute Gasteiger partial charge is 0.244 e. The van der Waals surface area contributed by atoms with E-state index < -0.39 is 0 Å². The van der Waals surface area contributed by atoms with Crippen molar-refractivity contribution >= 4 is 21.8 Å². The summed E-state index contributed by atoms with van der Waals surface area (Å²) < 4.78 is 0. The molecule has 1 N–H and O–H groups in total. The molecule has 66 valence electrons. The predicted molar refractivity (Wildman–Crippen MR) is 54.0 cm³/mol. The van der Waals surface area contributed by atoms with Crippen LogP contribution in [0.25, 0.3) is 0 Å². The number of hydrogen-bond donors (Lipinski definition) is 1. The summed E-state index contributed by atoms with van der Waals surface area (Å²) in [4.78, 5) is 10.9. The Morgan fingerprint density at radius 3 is 2.83 bits per heavy atom. The van der Waals surface area contributed by atoms with E-state index in [2.05, 4.69) is 33.1 Å². The Hall–Kier alpha value is -0.750. The van der Waals surface area contributed by atoms with E-state index in [1.807, 2.05) is 13.8 Å². The highest BCUT2D eigenvalue weighted by atomic mass is 79.9. The van der Waals surface area contributed by atoms with Crippen molar-refractivity contribution in [1.29, 1.82) is 0 Å². The minimum atomic E-state index is -0.103. The lowest BCUT2D eigenvalue weighted by molar-refractivity contribution is -0.116. The van der Waals surface area contributed by atoms with Crippen LogP contribution in [0.3, 0.4) is 0 Å². The van der Waals surface area contributed by atoms with E-state index in [4.69, 9.17) is 0 Å². The fraction of sp³-hybridized carbons (Fsp3) is 0.444. The Morgan fingerprint density at radius 2 is 2.33 bits per heavy atom. The molecule has 2 nitrogen and oxygen atoms in total. The van der Waals surface area contributed by atoms with Gasteiger partial charge >= 0.3 is 0 Å². The number of amides is 1. The zero-order chi connectivity index (χ0) is 9.40. The van der Waals surface area contributed by atoms with Crippen molar-refractivity contribution in [3.63, 3.8) is 0 Å². The van der Waals surface area contributed by atoms with E-state index in [0.717, 1.165) is 0 Å². The lowest BCUT2D eigenvalue weighted by Crippen LogP contribution is -2.28. The summed E-state index contributed by atoms with van der Waals surface area (Å²) in [6.45, 7) is 3.83. The molecule has 0 heterocycles. The molecule has 0 rings (SSSR count). The summed E-state index contributed by atoms with van der Waals surface area (Å²) in [6, 6.07) is 0.172. The lowest BCUT2D eigenvalue weighted by Gasteiger charge is -2.03. The number of alkyl halides is 1. The van der Waals surface area contributed by atoms with Crippen LogP contribution in [0.2, 0.25) is 0 Å². The summed E-state index contributed by atoms with van der Waals surface area (Å²) >= 11 is 3.15. The van der Waals surface area contributed by atoms with Crippen molar-refractivity contribution < 1.29 is 4.79 Å². The lowest BCUT2D eigenvalue weighted by atomic mass is 10.4. The molecular weight excluding hydrogens is 218 g/mol. The fourth-order valence-corrected chi connectivity index (χ4v) is 0.709. The Bertz CT molecular complexity index is 222. The highest BCUT2D eigenvalue weighted by Crippen LogP contribution is 1.79. The SMILES string of the molecule is CC(C)NC(=O)C=CC#CCBr. The van der Waals surface area contributed by atoms with E-state index in [-0.39, 0.29) is 11.9 Å². The Balaban J connectivity index is 3.76. The highest BCUT2D eigenvalue weighted by molar-refractivity contribution is 9.09. The molecule has 0 radical (unpaired) electrons. The van der Waals surface area contributed by atoms with Crippen molar-refractivity contribution in [2.45, 2.75) is 19.9 Å². The van der Waals surface area contributed by atoms with Crippen molar-refractivity contribution in [3.05, 3.63) is 12.2 Å². The van der Waals surface area contributed by atoms with E-state index in [9.17, 15) is 4.79 Å². The van der Waals surface area contributed by atoms with Gasteiger partial charge in [-0.05, 0) is 19.9 Å². The maximum atomic E-state index is 10.9. The molecule has 0 aliphatic rings. The highest BCUT2D eigenvalue weighted by Gasteiger charge is 1.95. The van der Waals surface area contributed by atoms with Crippen LogP contribution < -0.4 is 5.32 Å². The average molecular weight is 230 g/mol. The number of rotatable bonds is 2. The van der Waals surface area contributed by atoms with E-state index in [1.54, 1.807) is 6.08 Å². The van der Waals surface area contributed by atoms with Gasteiger partial charge in [-0.1, -0.05) is 27.8 Å². The standard InChI is InChI=1S/C9H12BrNO/c1-8(2)11-9(12)6-4-3-5-7-10/h4,6,8H,7H2,1-2H3,(H,11,12). The summed E-state index contributed by atoms with van der Waals surface area (Å²) in [5, 5.41) is 3.34. The van der Waals surface area contributed by atoms with Gasteiger partial charge in [-0.15, -0.1) is 0 Å². The van der Waals surface area contributed by atoms with Crippen LogP contribution in [0.1, 0.15) is 13.8 Å². The van der Waals surface area contributed by atoms with Gasteiger partial charge in [0.15, 0.2) is 0 Å². The molecule has 0 aliphatic heterocycles. The van der Waals surface area contributed by atoms with E-state index in [1.165, 1.54) is 6.08 Å². The summed E-state index contributed by atoms with van der Waals surface area (Å²) in [7, 11) is 0. The third-order valence-corrected chi connectivity index (χ3v) is 1.20. The molecule has 0 aromatic rings.